The van der Waals surface area contributed by atoms with E-state index < -0.39 is 5.91 Å². The average Bonchev–Trinajstić information content (AvgIpc) is 3.02. The number of ether oxygens (including phenoxy) is 2. The van der Waals surface area contributed by atoms with Crippen molar-refractivity contribution in [3.8, 4) is 29.9 Å². The largest absolute Gasteiger partial charge is 0.486 e. The minimum absolute atomic E-state index is 0.277. The van der Waals surface area contributed by atoms with Gasteiger partial charge >= 0.3 is 0 Å². The molecule has 2 heterocycles. The molecule has 0 bridgehead atoms. The molecule has 0 unspecified atom stereocenters. The Balaban J connectivity index is 1.83. The van der Waals surface area contributed by atoms with E-state index in [0.29, 0.717) is 40.6 Å². The van der Waals surface area contributed by atoms with Crippen LogP contribution in [0.25, 0.3) is 10.2 Å². The summed E-state index contributed by atoms with van der Waals surface area (Å²) >= 11 is 1.36. The van der Waals surface area contributed by atoms with Gasteiger partial charge in [0.2, 0.25) is 0 Å². The molecule has 2 aromatic carbocycles. The van der Waals surface area contributed by atoms with Gasteiger partial charge in [0.05, 0.1) is 28.4 Å². The van der Waals surface area contributed by atoms with Crippen LogP contribution in [-0.4, -0.2) is 23.7 Å². The summed E-state index contributed by atoms with van der Waals surface area (Å²) in [7, 11) is 0. The standard InChI is InChI=1S/C20H13N3O3S/c1-2-7-23-15-10-16-17(26-9-8-25-16)11-18(15)27-20(23)22-19(24)14-5-3-13(12-21)4-6-14/h1,3-6,10-11H,7-9H2. The van der Waals surface area contributed by atoms with Crippen LogP contribution >= 0.6 is 11.3 Å². The molecule has 0 saturated carbocycles. The summed E-state index contributed by atoms with van der Waals surface area (Å²) in [4.78, 5) is 17.3. The van der Waals surface area contributed by atoms with Crippen molar-refractivity contribution in [3.63, 3.8) is 0 Å². The van der Waals surface area contributed by atoms with E-state index in [1.165, 1.54) is 11.3 Å². The van der Waals surface area contributed by atoms with E-state index in [9.17, 15) is 4.79 Å². The van der Waals surface area contributed by atoms with Crippen LogP contribution in [0, 0.1) is 23.7 Å². The van der Waals surface area contributed by atoms with E-state index in [0.717, 1.165) is 10.2 Å². The van der Waals surface area contributed by atoms with Crippen molar-refractivity contribution in [2.75, 3.05) is 13.2 Å². The predicted octanol–water partition coefficient (Wildman–Crippen LogP) is 2.72. The number of aromatic nitrogens is 1. The van der Waals surface area contributed by atoms with Crippen molar-refractivity contribution in [2.45, 2.75) is 6.54 Å². The molecule has 6 nitrogen and oxygen atoms in total. The normalized spacial score (nSPS) is 13.2. The highest BCUT2D eigenvalue weighted by Gasteiger charge is 2.16. The highest BCUT2D eigenvalue weighted by atomic mass is 32.1. The van der Waals surface area contributed by atoms with Gasteiger partial charge in [0.1, 0.15) is 13.2 Å². The lowest BCUT2D eigenvalue weighted by atomic mass is 10.1. The summed E-state index contributed by atoms with van der Waals surface area (Å²) in [6.07, 6.45) is 5.51. The SMILES string of the molecule is C#CCn1c(=NC(=O)c2ccc(C#N)cc2)sc2cc3c(cc21)OCCO3. The summed E-state index contributed by atoms with van der Waals surface area (Å²) in [5, 5.41) is 8.87. The van der Waals surface area contributed by atoms with Crippen LogP contribution in [0.2, 0.25) is 0 Å². The number of terminal acetylenes is 1. The molecule has 1 aromatic heterocycles. The highest BCUT2D eigenvalue weighted by molar-refractivity contribution is 7.16. The Morgan fingerprint density at radius 2 is 1.93 bits per heavy atom. The number of carbonyl (C=O) groups excluding carboxylic acids is 1. The monoisotopic (exact) mass is 375 g/mol. The van der Waals surface area contributed by atoms with Gasteiger partial charge in [-0.3, -0.25) is 4.79 Å². The van der Waals surface area contributed by atoms with Crippen LogP contribution in [0.4, 0.5) is 0 Å². The molecule has 0 aliphatic carbocycles. The summed E-state index contributed by atoms with van der Waals surface area (Å²) < 4.78 is 14.0. The molecule has 0 fully saturated rings. The number of benzene rings is 2. The van der Waals surface area contributed by atoms with Crippen molar-refractivity contribution in [2.24, 2.45) is 4.99 Å². The van der Waals surface area contributed by atoms with Crippen LogP contribution in [0.5, 0.6) is 11.5 Å². The number of nitriles is 1. The molecule has 1 aliphatic rings. The number of amides is 1. The number of thiazole rings is 1. The van der Waals surface area contributed by atoms with Gasteiger partial charge in [-0.05, 0) is 24.3 Å². The molecule has 0 atom stereocenters. The zero-order valence-corrected chi connectivity index (χ0v) is 15.0. The van der Waals surface area contributed by atoms with Crippen LogP contribution in [-0.2, 0) is 6.54 Å². The predicted molar refractivity (Wildman–Crippen MR) is 101 cm³/mol. The molecule has 1 amide bonds. The van der Waals surface area contributed by atoms with E-state index in [1.807, 2.05) is 18.2 Å². The molecule has 27 heavy (non-hydrogen) atoms. The molecular formula is C20H13N3O3S. The summed E-state index contributed by atoms with van der Waals surface area (Å²) in [6.45, 7) is 1.27. The minimum Gasteiger partial charge on any atom is -0.486 e. The molecule has 3 aromatic rings. The van der Waals surface area contributed by atoms with Gasteiger partial charge in [0, 0.05) is 17.7 Å². The Kier molecular flexibility index (Phi) is 4.37. The number of carbonyl (C=O) groups is 1. The minimum atomic E-state index is -0.394. The molecule has 4 rings (SSSR count). The third-order valence-corrected chi connectivity index (χ3v) is 5.10. The molecule has 7 heteroatoms. The Hall–Kier alpha value is -3.55. The summed E-state index contributed by atoms with van der Waals surface area (Å²) in [5.74, 6) is 3.54. The number of hydrogen-bond donors (Lipinski definition) is 0. The van der Waals surface area contributed by atoms with Gasteiger partial charge in [0.25, 0.3) is 5.91 Å². The third kappa shape index (κ3) is 3.17. The molecule has 1 aliphatic heterocycles. The van der Waals surface area contributed by atoms with E-state index in [-0.39, 0.29) is 6.54 Å². The average molecular weight is 375 g/mol. The summed E-state index contributed by atoms with van der Waals surface area (Å²) in [5.41, 5.74) is 1.74. The Labute approximate surface area is 158 Å². The molecule has 132 valence electrons. The maximum Gasteiger partial charge on any atom is 0.279 e. The van der Waals surface area contributed by atoms with Crippen LogP contribution in [0.1, 0.15) is 15.9 Å². The fraction of sp³-hybridized carbons (Fsp3) is 0.150. The zero-order chi connectivity index (χ0) is 18.8. The first-order valence-electron chi connectivity index (χ1n) is 8.15. The second-order valence-electron chi connectivity index (χ2n) is 5.74. The number of hydrogen-bond acceptors (Lipinski definition) is 5. The highest BCUT2D eigenvalue weighted by Crippen LogP contribution is 2.35. The maximum atomic E-state index is 12.5. The van der Waals surface area contributed by atoms with Crippen molar-refractivity contribution in [3.05, 3.63) is 52.3 Å². The second kappa shape index (κ2) is 6.99. The zero-order valence-electron chi connectivity index (χ0n) is 14.1. The number of rotatable bonds is 2. The topological polar surface area (TPSA) is 76.6 Å². The van der Waals surface area contributed by atoms with Crippen molar-refractivity contribution < 1.29 is 14.3 Å². The molecule has 0 spiro atoms. The van der Waals surface area contributed by atoms with Crippen molar-refractivity contribution >= 4 is 27.5 Å². The van der Waals surface area contributed by atoms with E-state index in [4.69, 9.17) is 21.2 Å². The van der Waals surface area contributed by atoms with E-state index in [1.54, 1.807) is 28.8 Å². The van der Waals surface area contributed by atoms with Gasteiger partial charge in [-0.2, -0.15) is 10.3 Å². The van der Waals surface area contributed by atoms with Crippen LogP contribution < -0.4 is 14.3 Å². The van der Waals surface area contributed by atoms with E-state index in [2.05, 4.69) is 10.9 Å². The van der Waals surface area contributed by atoms with Crippen molar-refractivity contribution in [1.82, 2.24) is 4.57 Å². The van der Waals surface area contributed by atoms with Crippen molar-refractivity contribution in [1.29, 1.82) is 5.26 Å². The second-order valence-corrected chi connectivity index (χ2v) is 6.75. The first-order chi connectivity index (χ1) is 13.2. The first kappa shape index (κ1) is 16.9. The lowest BCUT2D eigenvalue weighted by molar-refractivity contribution is 0.0998. The smallest absolute Gasteiger partial charge is 0.279 e. The van der Waals surface area contributed by atoms with Gasteiger partial charge in [0.15, 0.2) is 16.3 Å². The van der Waals surface area contributed by atoms with Gasteiger partial charge in [-0.25, -0.2) is 0 Å². The molecule has 0 N–H and O–H groups in total. The lowest BCUT2D eigenvalue weighted by Gasteiger charge is -2.18. The molecule has 0 saturated heterocycles. The fourth-order valence-corrected chi connectivity index (χ4v) is 3.81. The van der Waals surface area contributed by atoms with Gasteiger partial charge < -0.3 is 14.0 Å². The molecular weight excluding hydrogens is 362 g/mol. The number of nitrogens with zero attached hydrogens (tertiary/aromatic N) is 3. The third-order valence-electron chi connectivity index (χ3n) is 4.05. The fourth-order valence-electron chi connectivity index (χ4n) is 2.77. The van der Waals surface area contributed by atoms with Gasteiger partial charge in [-0.1, -0.05) is 17.3 Å². The summed E-state index contributed by atoms with van der Waals surface area (Å²) in [6, 6.07) is 12.1. The first-order valence-corrected chi connectivity index (χ1v) is 8.97. The maximum absolute atomic E-state index is 12.5. The van der Waals surface area contributed by atoms with E-state index >= 15 is 0 Å². The lowest BCUT2D eigenvalue weighted by Crippen LogP contribution is -2.17. The number of fused-ring (bicyclic) bond motifs is 2. The van der Waals surface area contributed by atoms with Crippen LogP contribution in [0.15, 0.2) is 41.4 Å². The Morgan fingerprint density at radius 3 is 2.59 bits per heavy atom. The Bertz CT molecular complexity index is 1190. The van der Waals surface area contributed by atoms with Crippen LogP contribution in [0.3, 0.4) is 0 Å². The quantitative estimate of drug-likeness (QED) is 0.646. The molecule has 0 radical (unpaired) electrons. The Morgan fingerprint density at radius 1 is 1.22 bits per heavy atom. The van der Waals surface area contributed by atoms with Gasteiger partial charge in [-0.15, -0.1) is 6.42 Å².